The highest BCUT2D eigenvalue weighted by molar-refractivity contribution is 7.15. The molecule has 0 radical (unpaired) electrons. The van der Waals surface area contributed by atoms with Gasteiger partial charge in [-0.3, -0.25) is 9.59 Å². The second-order valence-corrected chi connectivity index (χ2v) is 9.63. The van der Waals surface area contributed by atoms with Crippen molar-refractivity contribution in [1.82, 2.24) is 25.2 Å². The first kappa shape index (κ1) is 24.6. The van der Waals surface area contributed by atoms with E-state index in [4.69, 9.17) is 4.74 Å². The van der Waals surface area contributed by atoms with E-state index in [1.54, 1.807) is 35.1 Å². The summed E-state index contributed by atoms with van der Waals surface area (Å²) in [6.45, 7) is 6.02. The van der Waals surface area contributed by atoms with Crippen molar-refractivity contribution in [2.75, 3.05) is 18.0 Å². The van der Waals surface area contributed by atoms with Crippen molar-refractivity contribution < 1.29 is 19.4 Å². The second-order valence-electron chi connectivity index (χ2n) is 8.62. The Morgan fingerprint density at radius 3 is 2.46 bits per heavy atom. The number of ketones is 2. The van der Waals surface area contributed by atoms with E-state index in [1.807, 2.05) is 18.2 Å². The van der Waals surface area contributed by atoms with E-state index in [9.17, 15) is 14.7 Å². The average Bonchev–Trinajstić information content (AvgIpc) is 3.65. The predicted octanol–water partition coefficient (Wildman–Crippen LogP) is 3.93. The van der Waals surface area contributed by atoms with Gasteiger partial charge in [0.2, 0.25) is 0 Å². The zero-order chi connectivity index (χ0) is 25.9. The van der Waals surface area contributed by atoms with Crippen LogP contribution in [0.4, 0.5) is 5.69 Å². The number of phenols is 1. The summed E-state index contributed by atoms with van der Waals surface area (Å²) < 4.78 is 7.83. The number of carbonyl (C=O) groups excluding carboxylic acids is 2. The van der Waals surface area contributed by atoms with Crippen LogP contribution in [-0.2, 0) is 16.2 Å². The van der Waals surface area contributed by atoms with Crippen LogP contribution in [0.25, 0.3) is 16.3 Å². The molecular formula is C26H26N6O4S. The average molecular weight is 519 g/mol. The third-order valence-corrected chi connectivity index (χ3v) is 7.33. The van der Waals surface area contributed by atoms with E-state index < -0.39 is 5.92 Å². The second kappa shape index (κ2) is 10.5. The van der Waals surface area contributed by atoms with Crippen LogP contribution in [0.5, 0.6) is 11.5 Å². The molecule has 0 unspecified atom stereocenters. The van der Waals surface area contributed by atoms with Gasteiger partial charge in [-0.1, -0.05) is 16.6 Å². The Morgan fingerprint density at radius 2 is 1.76 bits per heavy atom. The Morgan fingerprint density at radius 1 is 1.03 bits per heavy atom. The van der Waals surface area contributed by atoms with Crippen molar-refractivity contribution in [3.05, 3.63) is 59.4 Å². The molecule has 0 aliphatic heterocycles. The molecule has 0 bridgehead atoms. The molecule has 1 aliphatic carbocycles. The maximum Gasteiger partial charge on any atom is 0.151 e. The maximum absolute atomic E-state index is 12.2. The Balaban J connectivity index is 1.42. The first-order valence-electron chi connectivity index (χ1n) is 12.1. The van der Waals surface area contributed by atoms with Crippen molar-refractivity contribution in [2.24, 2.45) is 0 Å². The molecule has 2 aromatic carbocycles. The lowest BCUT2D eigenvalue weighted by molar-refractivity contribution is -0.123. The topological polar surface area (TPSA) is 123 Å². The zero-order valence-electron chi connectivity index (χ0n) is 20.5. The van der Waals surface area contributed by atoms with Crippen LogP contribution in [0.2, 0.25) is 0 Å². The maximum atomic E-state index is 12.2. The molecule has 1 aliphatic rings. The van der Waals surface area contributed by atoms with Gasteiger partial charge < -0.3 is 14.7 Å². The fourth-order valence-electron chi connectivity index (χ4n) is 4.29. The standard InChI is InChI=1S/C26H26N6O4S/c1-3-31(4-2)18-7-10-20(25-28-29-26(37-25)24-21(34)11-12-22(24)35)23(13-18)36-15-16-14-32(30-27-16)17-5-8-19(33)9-6-17/h5-10,13-14,24,33H,3-4,11-12,15H2,1-2H3. The highest BCUT2D eigenvalue weighted by atomic mass is 32.1. The number of carbonyl (C=O) groups is 2. The molecule has 1 N–H and O–H groups in total. The number of aromatic nitrogens is 5. The summed E-state index contributed by atoms with van der Waals surface area (Å²) in [5.41, 5.74) is 3.11. The predicted molar refractivity (Wildman–Crippen MR) is 138 cm³/mol. The molecule has 190 valence electrons. The quantitative estimate of drug-likeness (QED) is 0.328. The van der Waals surface area contributed by atoms with Gasteiger partial charge in [-0.05, 0) is 50.2 Å². The molecule has 2 aromatic heterocycles. The number of nitrogens with zero attached hydrogens (tertiary/aromatic N) is 6. The number of phenolic OH excluding ortho intramolecular Hbond substituents is 1. The summed E-state index contributed by atoms with van der Waals surface area (Å²) in [7, 11) is 0. The van der Waals surface area contributed by atoms with E-state index in [-0.39, 0.29) is 36.8 Å². The molecule has 4 aromatic rings. The molecule has 1 saturated carbocycles. The Kier molecular flexibility index (Phi) is 6.95. The molecule has 0 spiro atoms. The van der Waals surface area contributed by atoms with Gasteiger partial charge in [-0.25, -0.2) is 4.68 Å². The lowest BCUT2D eigenvalue weighted by Gasteiger charge is -2.22. The smallest absolute Gasteiger partial charge is 0.151 e. The van der Waals surface area contributed by atoms with Gasteiger partial charge in [0.25, 0.3) is 0 Å². The number of rotatable bonds is 9. The van der Waals surface area contributed by atoms with Gasteiger partial charge in [-0.15, -0.1) is 15.3 Å². The van der Waals surface area contributed by atoms with Gasteiger partial charge in [0.1, 0.15) is 34.7 Å². The number of anilines is 1. The fourth-order valence-corrected chi connectivity index (χ4v) is 5.31. The fraction of sp³-hybridized carbons (Fsp3) is 0.308. The van der Waals surface area contributed by atoms with Crippen LogP contribution >= 0.6 is 11.3 Å². The van der Waals surface area contributed by atoms with Crippen molar-refractivity contribution >= 4 is 28.6 Å². The highest BCUT2D eigenvalue weighted by Crippen LogP contribution is 2.39. The van der Waals surface area contributed by atoms with E-state index in [2.05, 4.69) is 39.3 Å². The third kappa shape index (κ3) is 5.08. The van der Waals surface area contributed by atoms with Crippen LogP contribution in [-0.4, -0.2) is 55.0 Å². The number of ether oxygens (including phenoxy) is 1. The molecule has 11 heteroatoms. The van der Waals surface area contributed by atoms with Crippen LogP contribution in [0.1, 0.15) is 43.3 Å². The van der Waals surface area contributed by atoms with Gasteiger partial charge in [-0.2, -0.15) is 0 Å². The minimum absolute atomic E-state index is 0.0993. The third-order valence-electron chi connectivity index (χ3n) is 6.30. The number of Topliss-reactive ketones (excluding diaryl/α,β-unsaturated/α-hetero) is 2. The SMILES string of the molecule is CCN(CC)c1ccc(-c2nnc(C3C(=O)CCC3=O)s2)c(OCc2cn(-c3ccc(O)cc3)nn2)c1. The van der Waals surface area contributed by atoms with E-state index in [1.165, 1.54) is 11.3 Å². The van der Waals surface area contributed by atoms with Gasteiger partial charge in [0.15, 0.2) is 16.6 Å². The van der Waals surface area contributed by atoms with Crippen molar-refractivity contribution in [3.63, 3.8) is 0 Å². The van der Waals surface area contributed by atoms with Gasteiger partial charge in [0, 0.05) is 37.7 Å². The van der Waals surface area contributed by atoms with Crippen molar-refractivity contribution in [3.8, 4) is 27.8 Å². The molecule has 5 rings (SSSR count). The van der Waals surface area contributed by atoms with Crippen LogP contribution in [0.15, 0.2) is 48.7 Å². The zero-order valence-corrected chi connectivity index (χ0v) is 21.3. The highest BCUT2D eigenvalue weighted by Gasteiger charge is 2.37. The summed E-state index contributed by atoms with van der Waals surface area (Å²) >= 11 is 1.24. The van der Waals surface area contributed by atoms with Crippen LogP contribution in [0, 0.1) is 0 Å². The summed E-state index contributed by atoms with van der Waals surface area (Å²) in [5, 5.41) is 27.4. The van der Waals surface area contributed by atoms with E-state index in [0.29, 0.717) is 21.5 Å². The number of aromatic hydroxyl groups is 1. The van der Waals surface area contributed by atoms with Crippen LogP contribution < -0.4 is 9.64 Å². The summed E-state index contributed by atoms with van der Waals surface area (Å²) in [6, 6.07) is 12.5. The van der Waals surface area contributed by atoms with Crippen molar-refractivity contribution in [2.45, 2.75) is 39.2 Å². The molecule has 0 saturated heterocycles. The molecule has 1 fully saturated rings. The summed E-state index contributed by atoms with van der Waals surface area (Å²) in [4.78, 5) is 26.7. The Hall–Kier alpha value is -4.12. The molecule has 0 atom stereocenters. The normalized spacial score (nSPS) is 13.9. The number of hydrogen-bond donors (Lipinski definition) is 1. The first-order chi connectivity index (χ1) is 18.0. The van der Waals surface area contributed by atoms with Crippen molar-refractivity contribution in [1.29, 1.82) is 0 Å². The number of hydrogen-bond acceptors (Lipinski definition) is 10. The molecule has 0 amide bonds. The van der Waals surface area contributed by atoms with Gasteiger partial charge in [0.05, 0.1) is 17.4 Å². The lowest BCUT2D eigenvalue weighted by atomic mass is 10.1. The Labute approximate surface area is 217 Å². The van der Waals surface area contributed by atoms with Crippen LogP contribution in [0.3, 0.4) is 0 Å². The molecule has 10 nitrogen and oxygen atoms in total. The minimum Gasteiger partial charge on any atom is -0.508 e. The molecular weight excluding hydrogens is 492 g/mol. The number of benzene rings is 2. The Bertz CT molecular complexity index is 1410. The van der Waals surface area contributed by atoms with Gasteiger partial charge >= 0.3 is 0 Å². The lowest BCUT2D eigenvalue weighted by Crippen LogP contribution is -2.21. The minimum atomic E-state index is -0.805. The molecule has 37 heavy (non-hydrogen) atoms. The summed E-state index contributed by atoms with van der Waals surface area (Å²) in [5.74, 6) is -0.235. The largest absolute Gasteiger partial charge is 0.508 e. The monoisotopic (exact) mass is 518 g/mol. The first-order valence-corrected chi connectivity index (χ1v) is 12.9. The van der Waals surface area contributed by atoms with E-state index >= 15 is 0 Å². The summed E-state index contributed by atoms with van der Waals surface area (Å²) in [6.07, 6.45) is 2.28. The molecule has 2 heterocycles. The van der Waals surface area contributed by atoms with E-state index in [0.717, 1.165) is 30.0 Å².